The Morgan fingerprint density at radius 2 is 1.96 bits per heavy atom. The van der Waals surface area contributed by atoms with Crippen molar-refractivity contribution in [3.05, 3.63) is 35.6 Å². The molecule has 3 saturated heterocycles. The van der Waals surface area contributed by atoms with Gasteiger partial charge in [0.05, 0.1) is 0 Å². The molecule has 1 N–H and O–H groups in total. The smallest absolute Gasteiger partial charge is 0.251 e. The average molecular weight is 349 g/mol. The molecular formula is C19H25ClN2O2. The van der Waals surface area contributed by atoms with Gasteiger partial charge in [0.15, 0.2) is 0 Å². The second-order valence-corrected chi connectivity index (χ2v) is 7.54. The monoisotopic (exact) mass is 348 g/mol. The van der Waals surface area contributed by atoms with Crippen LogP contribution in [0.3, 0.4) is 0 Å². The largest absolute Gasteiger partial charge is 0.461 e. The summed E-state index contributed by atoms with van der Waals surface area (Å²) in [5.74, 6) is 1.49. The Balaban J connectivity index is 0.00000169. The number of hydrogen-bond donors (Lipinski definition) is 1. The van der Waals surface area contributed by atoms with Crippen molar-refractivity contribution in [3.8, 4) is 0 Å². The fraction of sp³-hybridized carbons (Fsp3) is 0.526. The molecule has 5 rings (SSSR count). The number of furan rings is 1. The number of nitrogens with zero attached hydrogens (tertiary/aromatic N) is 1. The van der Waals surface area contributed by atoms with Crippen molar-refractivity contribution < 1.29 is 9.21 Å². The summed E-state index contributed by atoms with van der Waals surface area (Å²) in [7, 11) is 0. The van der Waals surface area contributed by atoms with Crippen molar-refractivity contribution in [1.29, 1.82) is 0 Å². The summed E-state index contributed by atoms with van der Waals surface area (Å²) < 4.78 is 5.59. The second kappa shape index (κ2) is 6.08. The van der Waals surface area contributed by atoms with Gasteiger partial charge in [-0.15, -0.1) is 12.4 Å². The van der Waals surface area contributed by atoms with Gasteiger partial charge in [-0.3, -0.25) is 9.69 Å². The summed E-state index contributed by atoms with van der Waals surface area (Å²) in [6.45, 7) is 8.75. The van der Waals surface area contributed by atoms with Gasteiger partial charge in [0.25, 0.3) is 5.91 Å². The summed E-state index contributed by atoms with van der Waals surface area (Å²) in [6.07, 6.45) is 2.38. The molecule has 3 aliphatic heterocycles. The highest BCUT2D eigenvalue weighted by Gasteiger charge is 2.48. The van der Waals surface area contributed by atoms with Crippen molar-refractivity contribution in [1.82, 2.24) is 10.2 Å². The quantitative estimate of drug-likeness (QED) is 0.898. The van der Waals surface area contributed by atoms with Gasteiger partial charge in [-0.1, -0.05) is 0 Å². The van der Waals surface area contributed by atoms with Crippen LogP contribution in [-0.2, 0) is 0 Å². The Bertz CT molecular complexity index is 760. The Morgan fingerprint density at radius 1 is 1.25 bits per heavy atom. The minimum absolute atomic E-state index is 0. The third kappa shape index (κ3) is 2.72. The molecule has 1 aromatic heterocycles. The summed E-state index contributed by atoms with van der Waals surface area (Å²) in [4.78, 5) is 15.3. The van der Waals surface area contributed by atoms with Crippen molar-refractivity contribution in [3.63, 3.8) is 0 Å². The van der Waals surface area contributed by atoms with Crippen LogP contribution >= 0.6 is 12.4 Å². The normalized spacial score (nSPS) is 27.7. The number of halogens is 1. The van der Waals surface area contributed by atoms with E-state index in [1.54, 1.807) is 0 Å². The van der Waals surface area contributed by atoms with Crippen LogP contribution in [0, 0.1) is 12.8 Å². The van der Waals surface area contributed by atoms with E-state index in [-0.39, 0.29) is 29.9 Å². The van der Waals surface area contributed by atoms with E-state index in [9.17, 15) is 4.79 Å². The van der Waals surface area contributed by atoms with E-state index >= 15 is 0 Å². The lowest BCUT2D eigenvalue weighted by atomic mass is 9.72. The van der Waals surface area contributed by atoms with Crippen molar-refractivity contribution >= 4 is 29.3 Å². The van der Waals surface area contributed by atoms with Gasteiger partial charge < -0.3 is 9.73 Å². The molecule has 130 valence electrons. The molecule has 0 spiro atoms. The zero-order chi connectivity index (χ0) is 16.2. The third-order valence-electron chi connectivity index (χ3n) is 5.78. The van der Waals surface area contributed by atoms with E-state index in [0.717, 1.165) is 29.8 Å². The van der Waals surface area contributed by atoms with Crippen LogP contribution in [0.25, 0.3) is 11.0 Å². The molecule has 4 heterocycles. The van der Waals surface area contributed by atoms with Crippen LogP contribution in [0.5, 0.6) is 0 Å². The van der Waals surface area contributed by atoms with Crippen molar-refractivity contribution in [2.45, 2.75) is 45.2 Å². The highest BCUT2D eigenvalue weighted by atomic mass is 35.5. The van der Waals surface area contributed by atoms with Crippen LogP contribution in [0.4, 0.5) is 0 Å². The van der Waals surface area contributed by atoms with Crippen LogP contribution in [-0.4, -0.2) is 35.5 Å². The standard InChI is InChI=1S/C19H24N2O2.ClH/c1-12-10-15-11-14(4-5-16(15)23-12)18(22)20-17-13-6-8-21(9-7-13)19(17,2)3;/h4-5,10-11,13,17H,6-9H2,1-3H3,(H,20,22);1H/t17-;/m1./s1. The number of rotatable bonds is 2. The topological polar surface area (TPSA) is 45.5 Å². The molecule has 1 atom stereocenters. The van der Waals surface area contributed by atoms with Gasteiger partial charge in [-0.05, 0) is 76.9 Å². The van der Waals surface area contributed by atoms with E-state index in [1.807, 2.05) is 31.2 Å². The van der Waals surface area contributed by atoms with Gasteiger partial charge in [0.2, 0.25) is 0 Å². The van der Waals surface area contributed by atoms with Crippen molar-refractivity contribution in [2.75, 3.05) is 13.1 Å². The number of amides is 1. The maximum absolute atomic E-state index is 12.8. The average Bonchev–Trinajstić information content (AvgIpc) is 2.90. The first-order chi connectivity index (χ1) is 10.9. The maximum Gasteiger partial charge on any atom is 0.251 e. The van der Waals surface area contributed by atoms with E-state index in [2.05, 4.69) is 24.1 Å². The first-order valence-electron chi connectivity index (χ1n) is 8.51. The maximum atomic E-state index is 12.8. The number of carbonyl (C=O) groups is 1. The van der Waals surface area contributed by atoms with Gasteiger partial charge in [0.1, 0.15) is 11.3 Å². The SMILES string of the molecule is Cc1cc2cc(C(=O)N[C@@H]3C4CCN(CC4)C3(C)C)ccc2o1.Cl. The molecule has 5 heteroatoms. The zero-order valence-corrected chi connectivity index (χ0v) is 15.3. The lowest BCUT2D eigenvalue weighted by Crippen LogP contribution is -2.69. The Labute approximate surface area is 149 Å². The second-order valence-electron chi connectivity index (χ2n) is 7.54. The predicted molar refractivity (Wildman–Crippen MR) is 97.8 cm³/mol. The minimum Gasteiger partial charge on any atom is -0.461 e. The number of nitrogens with one attached hydrogen (secondary N) is 1. The molecule has 2 aromatic rings. The molecule has 3 fully saturated rings. The van der Waals surface area contributed by atoms with E-state index in [0.29, 0.717) is 11.5 Å². The van der Waals surface area contributed by atoms with E-state index in [4.69, 9.17) is 4.42 Å². The summed E-state index contributed by atoms with van der Waals surface area (Å²) >= 11 is 0. The van der Waals surface area contributed by atoms with Crippen LogP contribution in [0.15, 0.2) is 28.7 Å². The lowest BCUT2D eigenvalue weighted by molar-refractivity contribution is -0.0378. The summed E-state index contributed by atoms with van der Waals surface area (Å²) in [5.41, 5.74) is 1.58. The van der Waals surface area contributed by atoms with Gasteiger partial charge >= 0.3 is 0 Å². The molecule has 2 bridgehead atoms. The number of aryl methyl sites for hydroxylation is 1. The molecule has 0 aliphatic carbocycles. The molecule has 0 unspecified atom stereocenters. The summed E-state index contributed by atoms with van der Waals surface area (Å²) in [5, 5.41) is 4.31. The fourth-order valence-corrected chi connectivity index (χ4v) is 4.42. The number of carbonyl (C=O) groups excluding carboxylic acids is 1. The molecule has 0 radical (unpaired) electrons. The van der Waals surface area contributed by atoms with E-state index in [1.165, 1.54) is 12.8 Å². The highest BCUT2D eigenvalue weighted by molar-refractivity contribution is 5.98. The minimum atomic E-state index is 0. The first-order valence-corrected chi connectivity index (χ1v) is 8.51. The molecule has 4 nitrogen and oxygen atoms in total. The molecule has 0 saturated carbocycles. The Morgan fingerprint density at radius 3 is 2.62 bits per heavy atom. The molecule has 1 amide bonds. The van der Waals surface area contributed by atoms with Gasteiger partial charge in [-0.25, -0.2) is 0 Å². The lowest BCUT2D eigenvalue weighted by Gasteiger charge is -2.56. The number of piperidine rings is 3. The first kappa shape index (κ1) is 17.3. The fourth-order valence-electron chi connectivity index (χ4n) is 4.42. The molecular weight excluding hydrogens is 324 g/mol. The number of benzene rings is 1. The molecule has 1 aromatic carbocycles. The zero-order valence-electron chi connectivity index (χ0n) is 14.5. The highest BCUT2D eigenvalue weighted by Crippen LogP contribution is 2.39. The van der Waals surface area contributed by atoms with E-state index < -0.39 is 0 Å². The summed E-state index contributed by atoms with van der Waals surface area (Å²) in [6, 6.07) is 7.87. The predicted octanol–water partition coefficient (Wildman–Crippen LogP) is 3.77. The van der Waals surface area contributed by atoms with Crippen LogP contribution < -0.4 is 5.32 Å². The van der Waals surface area contributed by atoms with Crippen molar-refractivity contribution in [2.24, 2.45) is 5.92 Å². The Hall–Kier alpha value is -1.52. The molecule has 24 heavy (non-hydrogen) atoms. The van der Waals surface area contributed by atoms with Crippen LogP contribution in [0.1, 0.15) is 42.8 Å². The number of hydrogen-bond acceptors (Lipinski definition) is 3. The molecule has 3 aliphatic rings. The van der Waals surface area contributed by atoms with Crippen LogP contribution in [0.2, 0.25) is 0 Å². The number of fused-ring (bicyclic) bond motifs is 4. The Kier molecular flexibility index (Phi) is 4.39. The van der Waals surface area contributed by atoms with Gasteiger partial charge in [0, 0.05) is 22.5 Å². The van der Waals surface area contributed by atoms with Gasteiger partial charge in [-0.2, -0.15) is 0 Å². The third-order valence-corrected chi connectivity index (χ3v) is 5.78.